The van der Waals surface area contributed by atoms with E-state index in [1.807, 2.05) is 13.8 Å². The number of amides is 1. The highest BCUT2D eigenvalue weighted by Gasteiger charge is 2.21. The highest BCUT2D eigenvalue weighted by molar-refractivity contribution is 9.10. The van der Waals surface area contributed by atoms with Gasteiger partial charge in [-0.15, -0.1) is 11.3 Å². The summed E-state index contributed by atoms with van der Waals surface area (Å²) in [6, 6.07) is 4.45. The van der Waals surface area contributed by atoms with Crippen LogP contribution in [0.4, 0.5) is 4.39 Å². The van der Waals surface area contributed by atoms with E-state index in [1.165, 1.54) is 16.8 Å². The Labute approximate surface area is 173 Å². The molecule has 0 radical (unpaired) electrons. The van der Waals surface area contributed by atoms with Gasteiger partial charge in [0.2, 0.25) is 0 Å². The molecule has 146 valence electrons. The second-order valence-corrected chi connectivity index (χ2v) is 8.32. The van der Waals surface area contributed by atoms with Gasteiger partial charge in [0.05, 0.1) is 17.0 Å². The molecule has 28 heavy (non-hydrogen) atoms. The number of thiazole rings is 1. The molecular formula is C19H18BrFN4O2S. The van der Waals surface area contributed by atoms with Gasteiger partial charge in [-0.3, -0.25) is 9.59 Å². The number of hydrogen-bond donors (Lipinski definition) is 1. The SMILES string of the molecule is Cc1nc(-c2c(C)c(C)nn(C)c2=O)sc1C(=O)NCc1cc(F)cc(Br)c1. The quantitative estimate of drug-likeness (QED) is 0.638. The smallest absolute Gasteiger partial charge is 0.277 e. The summed E-state index contributed by atoms with van der Waals surface area (Å²) in [6.45, 7) is 5.54. The number of halogens is 2. The van der Waals surface area contributed by atoms with Crippen molar-refractivity contribution in [1.29, 1.82) is 0 Å². The fourth-order valence-corrected chi connectivity index (χ4v) is 4.38. The van der Waals surface area contributed by atoms with Gasteiger partial charge in [-0.05, 0) is 50.1 Å². The molecule has 0 spiro atoms. The zero-order valence-corrected chi connectivity index (χ0v) is 18.2. The second kappa shape index (κ2) is 7.92. The van der Waals surface area contributed by atoms with Crippen molar-refractivity contribution in [3.63, 3.8) is 0 Å². The van der Waals surface area contributed by atoms with Crippen molar-refractivity contribution in [1.82, 2.24) is 20.1 Å². The van der Waals surface area contributed by atoms with Gasteiger partial charge in [-0.25, -0.2) is 14.1 Å². The van der Waals surface area contributed by atoms with Gasteiger partial charge in [-0.2, -0.15) is 5.10 Å². The number of nitrogens with one attached hydrogen (secondary N) is 1. The van der Waals surface area contributed by atoms with Crippen molar-refractivity contribution in [2.45, 2.75) is 27.3 Å². The predicted octanol–water partition coefficient (Wildman–Crippen LogP) is 3.66. The maximum Gasteiger partial charge on any atom is 0.277 e. The Hall–Kier alpha value is -2.39. The van der Waals surface area contributed by atoms with Crippen LogP contribution in [-0.2, 0) is 13.6 Å². The lowest BCUT2D eigenvalue weighted by atomic mass is 10.1. The molecule has 2 heterocycles. The van der Waals surface area contributed by atoms with Crippen molar-refractivity contribution >= 4 is 33.2 Å². The minimum absolute atomic E-state index is 0.178. The third-order valence-electron chi connectivity index (χ3n) is 4.32. The van der Waals surface area contributed by atoms with E-state index in [9.17, 15) is 14.0 Å². The van der Waals surface area contributed by atoms with Gasteiger partial charge in [0, 0.05) is 18.1 Å². The van der Waals surface area contributed by atoms with Crippen LogP contribution in [0.5, 0.6) is 0 Å². The Bertz CT molecular complexity index is 1120. The van der Waals surface area contributed by atoms with Gasteiger partial charge < -0.3 is 5.32 Å². The molecule has 1 amide bonds. The molecule has 3 aromatic rings. The Morgan fingerprint density at radius 2 is 1.96 bits per heavy atom. The molecule has 1 aromatic carbocycles. The summed E-state index contributed by atoms with van der Waals surface area (Å²) in [5, 5.41) is 7.43. The number of aryl methyl sites for hydroxylation is 3. The van der Waals surface area contributed by atoms with Crippen molar-refractivity contribution < 1.29 is 9.18 Å². The van der Waals surface area contributed by atoms with Gasteiger partial charge in [0.25, 0.3) is 11.5 Å². The van der Waals surface area contributed by atoms with E-state index in [0.29, 0.717) is 31.2 Å². The number of benzene rings is 1. The van der Waals surface area contributed by atoms with Crippen LogP contribution in [0.25, 0.3) is 10.6 Å². The molecule has 0 fully saturated rings. The largest absolute Gasteiger partial charge is 0.347 e. The molecule has 0 saturated heterocycles. The summed E-state index contributed by atoms with van der Waals surface area (Å²) in [4.78, 5) is 30.0. The van der Waals surface area contributed by atoms with Gasteiger partial charge in [0.1, 0.15) is 15.7 Å². The van der Waals surface area contributed by atoms with Crippen LogP contribution in [0.3, 0.4) is 0 Å². The first kappa shape index (κ1) is 20.3. The molecule has 0 atom stereocenters. The Morgan fingerprint density at radius 3 is 2.64 bits per heavy atom. The maximum absolute atomic E-state index is 13.5. The van der Waals surface area contributed by atoms with Crippen LogP contribution < -0.4 is 10.9 Å². The van der Waals surface area contributed by atoms with Gasteiger partial charge in [-0.1, -0.05) is 15.9 Å². The Kier molecular flexibility index (Phi) is 5.76. The van der Waals surface area contributed by atoms with Crippen LogP contribution in [0.1, 0.15) is 32.2 Å². The normalized spacial score (nSPS) is 10.9. The molecule has 0 aliphatic carbocycles. The van der Waals surface area contributed by atoms with Crippen molar-refractivity contribution in [3.05, 3.63) is 66.2 Å². The lowest BCUT2D eigenvalue weighted by Gasteiger charge is -2.07. The fraction of sp³-hybridized carbons (Fsp3) is 0.263. The summed E-state index contributed by atoms with van der Waals surface area (Å²) >= 11 is 4.39. The van der Waals surface area contributed by atoms with E-state index in [0.717, 1.165) is 22.6 Å². The standard InChI is InChI=1S/C19H18BrFN4O2S/c1-9-10(2)24-25(4)19(27)15(9)18-23-11(3)16(28-18)17(26)22-8-12-5-13(20)7-14(21)6-12/h5-7H,8H2,1-4H3,(H,22,26). The summed E-state index contributed by atoms with van der Waals surface area (Å²) in [7, 11) is 1.59. The molecular weight excluding hydrogens is 447 g/mol. The number of nitrogens with zero attached hydrogens (tertiary/aromatic N) is 3. The Balaban J connectivity index is 1.89. The van der Waals surface area contributed by atoms with Crippen LogP contribution >= 0.6 is 27.3 Å². The van der Waals surface area contributed by atoms with Crippen LogP contribution in [0, 0.1) is 26.6 Å². The summed E-state index contributed by atoms with van der Waals surface area (Å²) in [6.07, 6.45) is 0. The third kappa shape index (κ3) is 4.05. The Morgan fingerprint density at radius 1 is 1.25 bits per heavy atom. The first-order valence-electron chi connectivity index (χ1n) is 8.43. The van der Waals surface area contributed by atoms with Crippen molar-refractivity contribution in [2.24, 2.45) is 7.05 Å². The first-order chi connectivity index (χ1) is 13.2. The monoisotopic (exact) mass is 464 g/mol. The topological polar surface area (TPSA) is 76.9 Å². The zero-order valence-electron chi connectivity index (χ0n) is 15.8. The molecule has 0 aliphatic rings. The van der Waals surface area contributed by atoms with Gasteiger partial charge >= 0.3 is 0 Å². The van der Waals surface area contributed by atoms with Crippen LogP contribution in [0.2, 0.25) is 0 Å². The predicted molar refractivity (Wildman–Crippen MR) is 110 cm³/mol. The fourth-order valence-electron chi connectivity index (χ4n) is 2.79. The van der Waals surface area contributed by atoms with E-state index in [4.69, 9.17) is 0 Å². The molecule has 6 nitrogen and oxygen atoms in total. The average molecular weight is 465 g/mol. The minimum Gasteiger partial charge on any atom is -0.347 e. The number of aromatic nitrogens is 3. The lowest BCUT2D eigenvalue weighted by Crippen LogP contribution is -2.23. The number of hydrogen-bond acceptors (Lipinski definition) is 5. The van der Waals surface area contributed by atoms with Crippen LogP contribution in [-0.4, -0.2) is 20.7 Å². The number of rotatable bonds is 4. The van der Waals surface area contributed by atoms with Crippen molar-refractivity contribution in [2.75, 3.05) is 0 Å². The summed E-state index contributed by atoms with van der Waals surface area (Å²) < 4.78 is 15.4. The summed E-state index contributed by atoms with van der Waals surface area (Å²) in [5.41, 5.74) is 2.84. The minimum atomic E-state index is -0.380. The number of carbonyl (C=O) groups excluding carboxylic acids is 1. The third-order valence-corrected chi connectivity index (χ3v) is 5.95. The molecule has 0 bridgehead atoms. The van der Waals surface area contributed by atoms with Crippen LogP contribution in [0.15, 0.2) is 27.5 Å². The van der Waals surface area contributed by atoms with E-state index in [-0.39, 0.29) is 23.8 Å². The van der Waals surface area contributed by atoms with E-state index in [1.54, 1.807) is 20.0 Å². The summed E-state index contributed by atoms with van der Waals surface area (Å²) in [5.74, 6) is -0.698. The van der Waals surface area contributed by atoms with E-state index >= 15 is 0 Å². The maximum atomic E-state index is 13.5. The molecule has 9 heteroatoms. The average Bonchev–Trinajstić information content (AvgIpc) is 2.99. The van der Waals surface area contributed by atoms with Gasteiger partial charge in [0.15, 0.2) is 0 Å². The lowest BCUT2D eigenvalue weighted by molar-refractivity contribution is 0.0954. The zero-order chi connectivity index (χ0) is 20.6. The van der Waals surface area contributed by atoms with Crippen molar-refractivity contribution in [3.8, 4) is 10.6 Å². The first-order valence-corrected chi connectivity index (χ1v) is 10.0. The second-order valence-electron chi connectivity index (χ2n) is 6.41. The highest BCUT2D eigenvalue weighted by atomic mass is 79.9. The van der Waals surface area contributed by atoms with E-state index < -0.39 is 0 Å². The highest BCUT2D eigenvalue weighted by Crippen LogP contribution is 2.28. The molecule has 3 rings (SSSR count). The molecule has 0 aliphatic heterocycles. The number of carbonyl (C=O) groups is 1. The van der Waals surface area contributed by atoms with E-state index in [2.05, 4.69) is 31.3 Å². The molecule has 1 N–H and O–H groups in total. The molecule has 2 aromatic heterocycles. The molecule has 0 saturated carbocycles. The molecule has 0 unspecified atom stereocenters.